The number of aryl methyl sites for hydroxylation is 1. The van der Waals surface area contributed by atoms with E-state index in [0.717, 1.165) is 5.56 Å². The maximum Gasteiger partial charge on any atom is 0.437 e. The molecule has 10 nitrogen and oxygen atoms in total. The first-order valence-corrected chi connectivity index (χ1v) is 13.2. The molecule has 2 aromatic carbocycles. The Balaban J connectivity index is 1.57. The van der Waals surface area contributed by atoms with Crippen LogP contribution in [0.3, 0.4) is 0 Å². The third-order valence-electron chi connectivity index (χ3n) is 5.98. The van der Waals surface area contributed by atoms with Crippen LogP contribution in [0.4, 0.5) is 9.18 Å². The number of ether oxygens (including phenoxy) is 3. The summed E-state index contributed by atoms with van der Waals surface area (Å²) in [6.45, 7) is 5.05. The number of fused-ring (bicyclic) bond motifs is 1. The van der Waals surface area contributed by atoms with Gasteiger partial charge in [-0.2, -0.15) is 0 Å². The van der Waals surface area contributed by atoms with E-state index in [1.807, 2.05) is 6.07 Å². The lowest BCUT2D eigenvalue weighted by Gasteiger charge is -2.26. The van der Waals surface area contributed by atoms with Gasteiger partial charge in [-0.05, 0) is 78.5 Å². The molecule has 1 aromatic heterocycles. The van der Waals surface area contributed by atoms with E-state index in [4.69, 9.17) is 19.3 Å². The number of rotatable bonds is 7. The number of imidazole rings is 1. The van der Waals surface area contributed by atoms with E-state index in [1.165, 1.54) is 18.2 Å². The van der Waals surface area contributed by atoms with Crippen LogP contribution in [0.1, 0.15) is 42.3 Å². The molecule has 212 valence electrons. The molecule has 0 radical (unpaired) electrons. The molecule has 0 unspecified atom stereocenters. The number of ketones is 1. The third kappa shape index (κ3) is 6.98. The number of hydrogen-bond acceptors (Lipinski definition) is 6. The smallest absolute Gasteiger partial charge is 0.437 e. The molecule has 0 bridgehead atoms. The quantitative estimate of drug-likeness (QED) is 0.414. The monoisotopic (exact) mass is 617 g/mol. The van der Waals surface area contributed by atoms with Gasteiger partial charge in [0.1, 0.15) is 11.4 Å². The number of nitrogens with zero attached hydrogens (tertiary/aromatic N) is 3. The number of halogens is 2. The van der Waals surface area contributed by atoms with Crippen molar-refractivity contribution in [2.75, 3.05) is 13.2 Å². The second kappa shape index (κ2) is 11.7. The zero-order chi connectivity index (χ0) is 29.2. The number of carboxylic acid groups (broad SMARTS) is 1. The van der Waals surface area contributed by atoms with Gasteiger partial charge >= 0.3 is 12.1 Å². The van der Waals surface area contributed by atoms with Gasteiger partial charge in [0.25, 0.3) is 0 Å². The minimum absolute atomic E-state index is 0.124. The molecular formula is C28H29BrFN3O7. The minimum atomic E-state index is -1.22. The molecule has 0 aliphatic carbocycles. The van der Waals surface area contributed by atoms with Crippen LogP contribution in [-0.4, -0.2) is 50.9 Å². The number of carbonyl (C=O) groups excluding carboxylic acids is 2. The van der Waals surface area contributed by atoms with E-state index in [-0.39, 0.29) is 24.6 Å². The summed E-state index contributed by atoms with van der Waals surface area (Å²) in [6, 6.07) is 7.70. The molecule has 0 spiro atoms. The van der Waals surface area contributed by atoms with Crippen molar-refractivity contribution in [1.29, 1.82) is 0 Å². The van der Waals surface area contributed by atoms with E-state index in [9.17, 15) is 18.8 Å². The topological polar surface area (TPSA) is 121 Å². The van der Waals surface area contributed by atoms with Crippen LogP contribution >= 0.6 is 15.9 Å². The van der Waals surface area contributed by atoms with Crippen LogP contribution in [0, 0.1) is 11.7 Å². The Labute approximate surface area is 238 Å². The zero-order valence-corrected chi connectivity index (χ0v) is 24.0. The lowest BCUT2D eigenvalue weighted by Crippen LogP contribution is -2.30. The Morgan fingerprint density at radius 3 is 2.65 bits per heavy atom. The van der Waals surface area contributed by atoms with Gasteiger partial charge in [0.15, 0.2) is 24.0 Å². The predicted octanol–water partition coefficient (Wildman–Crippen LogP) is 4.51. The molecule has 4 rings (SSSR count). The molecule has 1 N–H and O–H groups in total. The Hall–Kier alpha value is -3.93. The highest BCUT2D eigenvalue weighted by Gasteiger charge is 2.31. The summed E-state index contributed by atoms with van der Waals surface area (Å²) in [4.78, 5) is 40.7. The molecule has 40 heavy (non-hydrogen) atoms. The van der Waals surface area contributed by atoms with Crippen LogP contribution in [0.5, 0.6) is 11.5 Å². The Morgan fingerprint density at radius 2 is 1.95 bits per heavy atom. The highest BCUT2D eigenvalue weighted by atomic mass is 79.9. The van der Waals surface area contributed by atoms with Gasteiger partial charge in [-0.15, -0.1) is 4.99 Å². The molecular weight excluding hydrogens is 589 g/mol. The van der Waals surface area contributed by atoms with Crippen molar-refractivity contribution in [2.45, 2.75) is 39.3 Å². The van der Waals surface area contributed by atoms with Crippen LogP contribution in [-0.2, 0) is 29.5 Å². The lowest BCUT2D eigenvalue weighted by atomic mass is 9.89. The molecule has 1 aliphatic heterocycles. The summed E-state index contributed by atoms with van der Waals surface area (Å²) in [5.74, 6) is -2.36. The van der Waals surface area contributed by atoms with E-state index < -0.39 is 36.0 Å². The summed E-state index contributed by atoms with van der Waals surface area (Å²) in [5, 5.41) is 8.82. The van der Waals surface area contributed by atoms with Crippen molar-refractivity contribution in [3.8, 4) is 11.5 Å². The van der Waals surface area contributed by atoms with Crippen molar-refractivity contribution in [2.24, 2.45) is 18.0 Å². The van der Waals surface area contributed by atoms with Crippen LogP contribution in [0.15, 0.2) is 52.2 Å². The van der Waals surface area contributed by atoms with E-state index >= 15 is 0 Å². The van der Waals surface area contributed by atoms with Gasteiger partial charge in [0.2, 0.25) is 5.62 Å². The second-order valence-corrected chi connectivity index (χ2v) is 11.3. The summed E-state index contributed by atoms with van der Waals surface area (Å²) in [5.41, 5.74) is 1.47. The zero-order valence-electron chi connectivity index (χ0n) is 22.4. The van der Waals surface area contributed by atoms with Gasteiger partial charge in [0.05, 0.1) is 29.1 Å². The molecule has 3 aromatic rings. The summed E-state index contributed by atoms with van der Waals surface area (Å²) in [7, 11) is 1.76. The first-order valence-electron chi connectivity index (χ1n) is 12.4. The van der Waals surface area contributed by atoms with Crippen LogP contribution < -0.4 is 15.1 Å². The van der Waals surface area contributed by atoms with Gasteiger partial charge < -0.3 is 28.5 Å². The number of aliphatic carboxylic acids is 1. The number of Topliss-reactive ketones (excluding diaryl/α,β-unsaturated/α-hetero) is 1. The van der Waals surface area contributed by atoms with E-state index in [0.29, 0.717) is 33.5 Å². The average Bonchev–Trinajstić information content (AvgIpc) is 3.18. The van der Waals surface area contributed by atoms with E-state index in [2.05, 4.69) is 20.9 Å². The largest absolute Gasteiger partial charge is 0.491 e. The molecule has 2 heterocycles. The van der Waals surface area contributed by atoms with Gasteiger partial charge in [-0.25, -0.2) is 14.0 Å². The molecule has 1 aliphatic rings. The van der Waals surface area contributed by atoms with Crippen LogP contribution in [0.2, 0.25) is 0 Å². The lowest BCUT2D eigenvalue weighted by molar-refractivity contribution is -0.139. The number of hydrogen-bond donors (Lipinski definition) is 1. The maximum atomic E-state index is 14.1. The van der Waals surface area contributed by atoms with Gasteiger partial charge in [0, 0.05) is 19.4 Å². The number of aromatic nitrogens is 2. The fourth-order valence-corrected chi connectivity index (χ4v) is 4.88. The summed E-state index contributed by atoms with van der Waals surface area (Å²) < 4.78 is 34.4. The van der Waals surface area contributed by atoms with Crippen molar-refractivity contribution < 1.29 is 38.1 Å². The van der Waals surface area contributed by atoms with Gasteiger partial charge in [-0.1, -0.05) is 6.07 Å². The Kier molecular flexibility index (Phi) is 8.48. The fraction of sp³-hybridized carbons (Fsp3) is 0.357. The van der Waals surface area contributed by atoms with Crippen molar-refractivity contribution in [1.82, 2.24) is 9.13 Å². The first kappa shape index (κ1) is 29.1. The fourth-order valence-electron chi connectivity index (χ4n) is 4.26. The molecule has 12 heteroatoms. The summed E-state index contributed by atoms with van der Waals surface area (Å²) >= 11 is 3.51. The molecule has 0 saturated heterocycles. The molecule has 1 atom stereocenters. The predicted molar refractivity (Wildman–Crippen MR) is 145 cm³/mol. The summed E-state index contributed by atoms with van der Waals surface area (Å²) in [6.07, 6.45) is 3.07. The Morgan fingerprint density at radius 1 is 1.20 bits per heavy atom. The second-order valence-electron chi connectivity index (χ2n) is 10.4. The normalized spacial score (nSPS) is 15.4. The Bertz CT molecular complexity index is 1540. The van der Waals surface area contributed by atoms with Gasteiger partial charge in [-0.3, -0.25) is 4.79 Å². The number of carbonyl (C=O) groups is 3. The van der Waals surface area contributed by atoms with Crippen LogP contribution in [0.25, 0.3) is 0 Å². The molecule has 0 saturated carbocycles. The third-order valence-corrected chi connectivity index (χ3v) is 6.57. The number of amides is 1. The average molecular weight is 618 g/mol. The van der Waals surface area contributed by atoms with Crippen molar-refractivity contribution in [3.05, 3.63) is 75.3 Å². The number of benzene rings is 2. The van der Waals surface area contributed by atoms with Crippen molar-refractivity contribution in [3.63, 3.8) is 0 Å². The van der Waals surface area contributed by atoms with Crippen molar-refractivity contribution >= 4 is 33.8 Å². The maximum absolute atomic E-state index is 14.1. The standard InChI is InChI=1S/C28H29BrFN3O7/c1-28(2,3)40-27(37)31-26-32(4)7-8-33(26)13-17-10-19-24(36)18(14-39-25(19)20(29)11-17)9-16-5-6-21(30)22(12-16)38-15-23(34)35/h5-8,10-12,18H,9,13-15H2,1-4H3,(H,34,35)/b31-26-/t18-/m0/s1. The molecule has 1 amide bonds. The number of carboxylic acids is 1. The first-order chi connectivity index (χ1) is 18.8. The molecule has 0 fully saturated rings. The van der Waals surface area contributed by atoms with E-state index in [1.54, 1.807) is 55.4 Å². The highest BCUT2D eigenvalue weighted by Crippen LogP contribution is 2.37. The SMILES string of the molecule is Cn1ccn(Cc2cc(Br)c3c(c2)C(=O)[C@@H](Cc2ccc(F)c(OCC(=O)O)c2)CO3)/c1=N\C(=O)OC(C)(C)C. The minimum Gasteiger partial charge on any atom is -0.491 e. The highest BCUT2D eigenvalue weighted by molar-refractivity contribution is 9.10.